The molecule has 0 spiro atoms. The third kappa shape index (κ3) is 6.15. The monoisotopic (exact) mass is 554 g/mol. The molecule has 33 heavy (non-hydrogen) atoms. The third-order valence-corrected chi connectivity index (χ3v) is 8.76. The number of nitrogens with zero attached hydrogens (tertiary/aromatic N) is 2. The van der Waals surface area contributed by atoms with Crippen LogP contribution in [0.15, 0.2) is 36.7 Å². The average molecular weight is 555 g/mol. The maximum atomic E-state index is 13.5. The van der Waals surface area contributed by atoms with E-state index in [4.69, 9.17) is 21.1 Å². The molecule has 11 heteroatoms. The van der Waals surface area contributed by atoms with Crippen LogP contribution in [-0.2, 0) is 10.0 Å². The summed E-state index contributed by atoms with van der Waals surface area (Å²) in [5, 5.41) is 0.939. The summed E-state index contributed by atoms with van der Waals surface area (Å²) in [7, 11) is -1.64. The number of aromatic nitrogens is 2. The van der Waals surface area contributed by atoms with Gasteiger partial charge >= 0.3 is 204 Å². The van der Waals surface area contributed by atoms with Crippen LogP contribution in [0.5, 0.6) is 11.5 Å². The van der Waals surface area contributed by atoms with Gasteiger partial charge in [0.05, 0.1) is 0 Å². The van der Waals surface area contributed by atoms with Crippen LogP contribution < -0.4 is 23.0 Å². The fourth-order valence-electron chi connectivity index (χ4n) is 3.85. The zero-order valence-electron chi connectivity index (χ0n) is 18.1. The number of hydrogen-bond acceptors (Lipinski definition) is 6. The number of benzene rings is 2. The molecular weight excluding hydrogens is 532 g/mol. The van der Waals surface area contributed by atoms with Crippen LogP contribution in [0.1, 0.15) is 25.7 Å². The van der Waals surface area contributed by atoms with Crippen LogP contribution in [0, 0.1) is 5.82 Å². The molecule has 0 bridgehead atoms. The molecular formula is C22H23AsClFN3O4S. The van der Waals surface area contributed by atoms with Gasteiger partial charge in [-0.05, 0) is 0 Å². The van der Waals surface area contributed by atoms with Crippen molar-refractivity contribution in [1.82, 2.24) is 14.7 Å². The van der Waals surface area contributed by atoms with Gasteiger partial charge in [-0.25, -0.2) is 0 Å². The first kappa shape index (κ1) is 24.2. The van der Waals surface area contributed by atoms with E-state index in [9.17, 15) is 12.8 Å². The fourth-order valence-corrected chi connectivity index (χ4v) is 7.13. The Balaban J connectivity index is 1.57. The summed E-state index contributed by atoms with van der Waals surface area (Å²) < 4.78 is 52.8. The Hall–Kier alpha value is -1.93. The topological polar surface area (TPSA) is 90.4 Å². The standard InChI is InChI=1S/C22H23AsClFN3O4S/c1-31-20-11-19-16(22(27-12-26-19)23-13-3-8-18(25)17(24)9-13)10-21(20)32-15-6-4-14(5-7-15)28-33(2,29)30/h3,8-12,14-15,28H,4-7H2,1-2H3. The van der Waals surface area contributed by atoms with E-state index in [-0.39, 0.29) is 17.2 Å². The van der Waals surface area contributed by atoms with Gasteiger partial charge in [-0.3, -0.25) is 0 Å². The molecule has 0 aliphatic heterocycles. The van der Waals surface area contributed by atoms with E-state index >= 15 is 0 Å². The Morgan fingerprint density at radius 3 is 2.55 bits per heavy atom. The van der Waals surface area contributed by atoms with Gasteiger partial charge in [0, 0.05) is 0 Å². The Labute approximate surface area is 203 Å². The minimum absolute atomic E-state index is 0.0498. The number of methoxy groups -OCH3 is 1. The molecule has 175 valence electrons. The quantitative estimate of drug-likeness (QED) is 0.451. The molecule has 1 radical (unpaired) electrons. The van der Waals surface area contributed by atoms with Gasteiger partial charge in [-0.15, -0.1) is 0 Å². The summed E-state index contributed by atoms with van der Waals surface area (Å²) in [5.41, 5.74) is 0.730. The van der Waals surface area contributed by atoms with Gasteiger partial charge in [0.25, 0.3) is 0 Å². The number of rotatable bonds is 7. The van der Waals surface area contributed by atoms with Crippen molar-refractivity contribution in [3.63, 3.8) is 0 Å². The Morgan fingerprint density at radius 1 is 1.12 bits per heavy atom. The molecule has 1 aromatic heterocycles. The number of nitrogens with one attached hydrogen (secondary N) is 1. The number of fused-ring (bicyclic) bond motifs is 1. The number of ether oxygens (including phenoxy) is 2. The second-order valence-electron chi connectivity index (χ2n) is 7.91. The molecule has 1 heterocycles. The third-order valence-electron chi connectivity index (χ3n) is 5.39. The van der Waals surface area contributed by atoms with Gasteiger partial charge in [0.2, 0.25) is 0 Å². The van der Waals surface area contributed by atoms with Gasteiger partial charge < -0.3 is 0 Å². The van der Waals surface area contributed by atoms with Crippen LogP contribution in [0.2, 0.25) is 5.02 Å². The van der Waals surface area contributed by atoms with E-state index < -0.39 is 31.6 Å². The second kappa shape index (κ2) is 10.1. The molecule has 0 unspecified atom stereocenters. The first-order chi connectivity index (χ1) is 15.7. The van der Waals surface area contributed by atoms with Crippen LogP contribution >= 0.6 is 11.6 Å². The number of hydrogen-bond donors (Lipinski definition) is 1. The van der Waals surface area contributed by atoms with Crippen LogP contribution in [-0.4, -0.2) is 59.6 Å². The normalized spacial score (nSPS) is 19.3. The number of halogens is 2. The van der Waals surface area contributed by atoms with Crippen molar-refractivity contribution >= 4 is 57.1 Å². The SMILES string of the molecule is COc1cc2ncnc([As]c3ccc(F)c(Cl)c3)c2cc1OC1CCC(NS(C)(=O)=O)CC1. The molecule has 0 atom stereocenters. The van der Waals surface area contributed by atoms with E-state index in [1.54, 1.807) is 19.2 Å². The van der Waals surface area contributed by atoms with Crippen molar-refractivity contribution in [2.75, 3.05) is 13.4 Å². The average Bonchev–Trinajstić information content (AvgIpc) is 2.76. The Morgan fingerprint density at radius 2 is 1.88 bits per heavy atom. The van der Waals surface area contributed by atoms with E-state index in [1.807, 2.05) is 12.1 Å². The van der Waals surface area contributed by atoms with E-state index in [2.05, 4.69) is 14.7 Å². The maximum absolute atomic E-state index is 13.5. The van der Waals surface area contributed by atoms with Gasteiger partial charge in [0.15, 0.2) is 0 Å². The van der Waals surface area contributed by atoms with Crippen molar-refractivity contribution in [3.8, 4) is 11.5 Å². The van der Waals surface area contributed by atoms with Gasteiger partial charge in [0.1, 0.15) is 0 Å². The summed E-state index contributed by atoms with van der Waals surface area (Å²) >= 11 is 5.39. The van der Waals surface area contributed by atoms with E-state index in [0.29, 0.717) is 24.3 Å². The first-order valence-corrected chi connectivity index (χ1v) is 14.5. The number of sulfonamides is 1. The van der Waals surface area contributed by atoms with Gasteiger partial charge in [-0.1, -0.05) is 0 Å². The predicted molar refractivity (Wildman–Crippen MR) is 127 cm³/mol. The molecule has 1 aliphatic carbocycles. The fraction of sp³-hybridized carbons (Fsp3) is 0.364. The Kier molecular flexibility index (Phi) is 7.43. The van der Waals surface area contributed by atoms with Crippen LogP contribution in [0.4, 0.5) is 4.39 Å². The van der Waals surface area contributed by atoms with Crippen molar-refractivity contribution < 1.29 is 22.3 Å². The van der Waals surface area contributed by atoms with Crippen molar-refractivity contribution in [3.05, 3.63) is 47.5 Å². The summed E-state index contributed by atoms with van der Waals surface area (Å²) in [6.45, 7) is 0. The molecule has 0 saturated heterocycles. The Bertz CT molecular complexity index is 1270. The molecule has 7 nitrogen and oxygen atoms in total. The van der Waals surface area contributed by atoms with Crippen molar-refractivity contribution in [1.29, 1.82) is 0 Å². The zero-order chi connectivity index (χ0) is 23.6. The summed E-state index contributed by atoms with van der Waals surface area (Å²) in [5.74, 6) is 0.722. The minimum atomic E-state index is -3.22. The zero-order valence-corrected chi connectivity index (χ0v) is 21.5. The molecule has 1 N–H and O–H groups in total. The summed E-state index contributed by atoms with van der Waals surface area (Å²) in [4.78, 5) is 8.85. The molecule has 1 aliphatic rings. The van der Waals surface area contributed by atoms with Crippen molar-refractivity contribution in [2.45, 2.75) is 37.8 Å². The van der Waals surface area contributed by atoms with E-state index in [0.717, 1.165) is 32.6 Å². The summed E-state index contributed by atoms with van der Waals surface area (Å²) in [6, 6.07) is 8.37. The molecule has 0 amide bonds. The van der Waals surface area contributed by atoms with Crippen LogP contribution in [0.25, 0.3) is 10.9 Å². The molecule has 4 rings (SSSR count). The first-order valence-electron chi connectivity index (χ1n) is 10.4. The van der Waals surface area contributed by atoms with Crippen LogP contribution in [0.3, 0.4) is 0 Å². The second-order valence-corrected chi connectivity index (χ2v) is 12.5. The van der Waals surface area contributed by atoms with Crippen molar-refractivity contribution in [2.24, 2.45) is 0 Å². The molecule has 3 aromatic rings. The molecule has 1 fully saturated rings. The predicted octanol–water partition coefficient (Wildman–Crippen LogP) is 2.33. The van der Waals surface area contributed by atoms with E-state index in [1.165, 1.54) is 18.6 Å². The summed E-state index contributed by atoms with van der Waals surface area (Å²) in [6.07, 6.45) is 5.51. The molecule has 1 saturated carbocycles. The molecule has 2 aromatic carbocycles. The van der Waals surface area contributed by atoms with Gasteiger partial charge in [-0.2, -0.15) is 0 Å².